The lowest BCUT2D eigenvalue weighted by Gasteiger charge is -2.11. The fraction of sp³-hybridized carbons (Fsp3) is 0.179. The number of anilines is 1. The lowest BCUT2D eigenvalue weighted by Crippen LogP contribution is -2.11. The molecule has 1 amide bonds. The van der Waals surface area contributed by atoms with Crippen LogP contribution in [0.3, 0.4) is 0 Å². The van der Waals surface area contributed by atoms with Crippen molar-refractivity contribution in [3.63, 3.8) is 0 Å². The van der Waals surface area contributed by atoms with Crippen LogP contribution in [-0.2, 0) is 6.61 Å². The van der Waals surface area contributed by atoms with Crippen LogP contribution in [0.2, 0.25) is 0 Å². The van der Waals surface area contributed by atoms with Gasteiger partial charge in [-0.15, -0.1) is 0 Å². The second-order valence-corrected chi connectivity index (χ2v) is 8.63. The van der Waals surface area contributed by atoms with E-state index in [9.17, 15) is 14.9 Å². The smallest absolute Gasteiger partial charge is 0.291 e. The number of rotatable bonds is 8. The molecule has 0 aliphatic rings. The number of carbonyl (C=O) groups excluding carboxylic acids is 1. The van der Waals surface area contributed by atoms with Gasteiger partial charge in [-0.2, -0.15) is 0 Å². The normalized spacial score (nSPS) is 10.7. The Morgan fingerprint density at radius 2 is 1.58 bits per heavy atom. The van der Waals surface area contributed by atoms with Gasteiger partial charge in [-0.25, -0.2) is 0 Å². The van der Waals surface area contributed by atoms with Crippen molar-refractivity contribution in [1.29, 1.82) is 0 Å². The number of non-ortho nitro benzene ring substituents is 1. The standard InChI is InChI=1S/C28H26N2O6/c1-17-10-18(2)12-24(11-17)35-25-14-21(13-22(15-25)30(32)33)29-28(31)26-9-8-23(36-26)16-34-27-19(3)6-5-7-20(27)4/h5-15H,16H2,1-4H3,(H,29,31). The molecule has 0 atom stereocenters. The predicted octanol–water partition coefficient (Wildman–Crippen LogP) is 7.05. The van der Waals surface area contributed by atoms with Crippen molar-refractivity contribution >= 4 is 17.3 Å². The minimum Gasteiger partial charge on any atom is -0.485 e. The number of furan rings is 1. The van der Waals surface area contributed by atoms with Crippen LogP contribution < -0.4 is 14.8 Å². The average molecular weight is 487 g/mol. The summed E-state index contributed by atoms with van der Waals surface area (Å²) in [6.07, 6.45) is 0. The topological polar surface area (TPSA) is 104 Å². The predicted molar refractivity (Wildman–Crippen MR) is 136 cm³/mol. The zero-order valence-electron chi connectivity index (χ0n) is 20.5. The van der Waals surface area contributed by atoms with Crippen molar-refractivity contribution in [2.75, 3.05) is 5.32 Å². The first-order valence-electron chi connectivity index (χ1n) is 11.3. The maximum Gasteiger partial charge on any atom is 0.291 e. The van der Waals surface area contributed by atoms with E-state index in [1.165, 1.54) is 24.3 Å². The summed E-state index contributed by atoms with van der Waals surface area (Å²) in [5, 5.41) is 14.1. The van der Waals surface area contributed by atoms with Crippen molar-refractivity contribution in [2.45, 2.75) is 34.3 Å². The van der Waals surface area contributed by atoms with Crippen LogP contribution in [0.15, 0.2) is 71.1 Å². The molecule has 4 rings (SSSR count). The van der Waals surface area contributed by atoms with Crippen molar-refractivity contribution < 1.29 is 23.6 Å². The summed E-state index contributed by atoms with van der Waals surface area (Å²) < 4.78 is 17.4. The maximum atomic E-state index is 12.8. The molecule has 0 fully saturated rings. The molecular formula is C28H26N2O6. The molecule has 0 aliphatic heterocycles. The number of ether oxygens (including phenoxy) is 2. The van der Waals surface area contributed by atoms with E-state index in [2.05, 4.69) is 5.32 Å². The molecule has 1 N–H and O–H groups in total. The fourth-order valence-corrected chi connectivity index (χ4v) is 3.89. The highest BCUT2D eigenvalue weighted by Crippen LogP contribution is 2.31. The summed E-state index contributed by atoms with van der Waals surface area (Å²) >= 11 is 0. The molecule has 36 heavy (non-hydrogen) atoms. The van der Waals surface area contributed by atoms with Gasteiger partial charge >= 0.3 is 0 Å². The third-order valence-electron chi connectivity index (χ3n) is 5.44. The second kappa shape index (κ2) is 10.4. The van der Waals surface area contributed by atoms with E-state index in [0.717, 1.165) is 28.0 Å². The van der Waals surface area contributed by atoms with Crippen LogP contribution in [0.4, 0.5) is 11.4 Å². The number of para-hydroxylation sites is 1. The number of carbonyl (C=O) groups is 1. The Bertz CT molecular complexity index is 1400. The SMILES string of the molecule is Cc1cc(C)cc(Oc2cc(NC(=O)c3ccc(COc4c(C)cccc4C)o3)cc([N+](=O)[O-])c2)c1. The number of nitrogens with zero attached hydrogens (tertiary/aromatic N) is 1. The largest absolute Gasteiger partial charge is 0.485 e. The Kier molecular flexibility index (Phi) is 7.05. The molecule has 0 aliphatic carbocycles. The Morgan fingerprint density at radius 3 is 2.25 bits per heavy atom. The van der Waals surface area contributed by atoms with E-state index in [1.807, 2.05) is 64.1 Å². The summed E-state index contributed by atoms with van der Waals surface area (Å²) in [4.78, 5) is 23.7. The summed E-state index contributed by atoms with van der Waals surface area (Å²) in [5.74, 6) is 1.52. The first-order chi connectivity index (χ1) is 17.2. The maximum absolute atomic E-state index is 12.8. The number of nitrogens with one attached hydrogen (secondary N) is 1. The van der Waals surface area contributed by atoms with Crippen LogP contribution in [0, 0.1) is 37.8 Å². The van der Waals surface area contributed by atoms with Crippen molar-refractivity contribution in [2.24, 2.45) is 0 Å². The number of aryl methyl sites for hydroxylation is 4. The molecule has 8 nitrogen and oxygen atoms in total. The van der Waals surface area contributed by atoms with Crippen LogP contribution in [0.25, 0.3) is 0 Å². The minimum absolute atomic E-state index is 0.0541. The molecule has 3 aromatic carbocycles. The molecule has 8 heteroatoms. The summed E-state index contributed by atoms with van der Waals surface area (Å²) in [5.41, 5.74) is 4.00. The first-order valence-corrected chi connectivity index (χ1v) is 11.3. The van der Waals surface area contributed by atoms with E-state index >= 15 is 0 Å². The van der Waals surface area contributed by atoms with Crippen LogP contribution >= 0.6 is 0 Å². The van der Waals surface area contributed by atoms with Gasteiger partial charge in [0, 0.05) is 12.1 Å². The number of hydrogen-bond donors (Lipinski definition) is 1. The monoisotopic (exact) mass is 486 g/mol. The van der Waals surface area contributed by atoms with E-state index in [0.29, 0.717) is 11.5 Å². The summed E-state index contributed by atoms with van der Waals surface area (Å²) in [7, 11) is 0. The molecule has 184 valence electrons. The summed E-state index contributed by atoms with van der Waals surface area (Å²) in [6.45, 7) is 7.94. The molecule has 1 aromatic heterocycles. The minimum atomic E-state index is -0.550. The van der Waals surface area contributed by atoms with Crippen molar-refractivity contribution in [3.05, 3.63) is 111 Å². The number of benzene rings is 3. The molecule has 4 aromatic rings. The van der Waals surface area contributed by atoms with E-state index in [-0.39, 0.29) is 29.5 Å². The quantitative estimate of drug-likeness (QED) is 0.211. The Morgan fingerprint density at radius 1 is 0.917 bits per heavy atom. The molecule has 0 radical (unpaired) electrons. The number of hydrogen-bond acceptors (Lipinski definition) is 6. The van der Waals surface area contributed by atoms with Gasteiger partial charge in [-0.3, -0.25) is 14.9 Å². The van der Waals surface area contributed by atoms with Crippen molar-refractivity contribution in [3.8, 4) is 17.2 Å². The number of amides is 1. The molecule has 1 heterocycles. The van der Waals surface area contributed by atoms with Gasteiger partial charge < -0.3 is 19.2 Å². The molecule has 0 spiro atoms. The van der Waals surface area contributed by atoms with Gasteiger partial charge in [0.25, 0.3) is 11.6 Å². The number of nitro benzene ring substituents is 1. The van der Waals surface area contributed by atoms with Crippen LogP contribution in [-0.4, -0.2) is 10.8 Å². The van der Waals surface area contributed by atoms with Gasteiger partial charge in [-0.1, -0.05) is 24.3 Å². The zero-order valence-corrected chi connectivity index (χ0v) is 20.5. The highest BCUT2D eigenvalue weighted by atomic mass is 16.6. The summed E-state index contributed by atoms with van der Waals surface area (Å²) in [6, 6.07) is 18.8. The molecule has 0 saturated heterocycles. The van der Waals surface area contributed by atoms with E-state index in [4.69, 9.17) is 13.9 Å². The van der Waals surface area contributed by atoms with Gasteiger partial charge in [0.15, 0.2) is 5.76 Å². The van der Waals surface area contributed by atoms with Gasteiger partial charge in [-0.05, 0) is 74.2 Å². The second-order valence-electron chi connectivity index (χ2n) is 8.63. The van der Waals surface area contributed by atoms with E-state index < -0.39 is 10.8 Å². The molecular weight excluding hydrogens is 460 g/mol. The van der Waals surface area contributed by atoms with Crippen molar-refractivity contribution in [1.82, 2.24) is 0 Å². The Labute approximate surface area is 208 Å². The van der Waals surface area contributed by atoms with Crippen LogP contribution in [0.1, 0.15) is 38.6 Å². The van der Waals surface area contributed by atoms with Crippen LogP contribution in [0.5, 0.6) is 17.2 Å². The average Bonchev–Trinajstić information content (AvgIpc) is 3.27. The Balaban J connectivity index is 1.49. The van der Waals surface area contributed by atoms with E-state index in [1.54, 1.807) is 6.07 Å². The lowest BCUT2D eigenvalue weighted by atomic mass is 10.1. The fourth-order valence-electron chi connectivity index (χ4n) is 3.89. The highest BCUT2D eigenvalue weighted by Gasteiger charge is 2.17. The first kappa shape index (κ1) is 24.5. The molecule has 0 saturated carbocycles. The Hall–Kier alpha value is -4.59. The third kappa shape index (κ3) is 5.90. The highest BCUT2D eigenvalue weighted by molar-refractivity contribution is 6.02. The zero-order chi connectivity index (χ0) is 25.8. The molecule has 0 unspecified atom stereocenters. The number of nitro groups is 1. The van der Waals surface area contributed by atoms with Gasteiger partial charge in [0.05, 0.1) is 16.7 Å². The molecule has 0 bridgehead atoms. The third-order valence-corrected chi connectivity index (χ3v) is 5.44. The lowest BCUT2D eigenvalue weighted by molar-refractivity contribution is -0.384. The van der Waals surface area contributed by atoms with Gasteiger partial charge in [0.2, 0.25) is 0 Å². The van der Waals surface area contributed by atoms with Gasteiger partial charge in [0.1, 0.15) is 29.6 Å².